The lowest BCUT2D eigenvalue weighted by Gasteiger charge is -2.10. The van der Waals surface area contributed by atoms with Crippen LogP contribution in [0.25, 0.3) is 0 Å². The molecule has 0 bridgehead atoms. The molecular formula is C19H16ClN5O2S2. The van der Waals surface area contributed by atoms with E-state index in [0.29, 0.717) is 31.5 Å². The Morgan fingerprint density at radius 1 is 1.31 bits per heavy atom. The highest BCUT2D eigenvalue weighted by atomic mass is 35.5. The Balaban J connectivity index is 1.61. The van der Waals surface area contributed by atoms with E-state index in [1.165, 1.54) is 23.1 Å². The molecular weight excluding hydrogens is 430 g/mol. The standard InChI is InChI=1S/C19H16ClN5O2S2/c1-11(17(26)22-13-8-7-12(10-21)14(20)9-13)28-19-25-24-18(29-19)23-15-5-3-4-6-16(15)27-2/h3-9,11H,1-2H3,(H,22,26)(H,23,24). The fraction of sp³-hybridized carbons (Fsp3) is 0.158. The van der Waals surface area contributed by atoms with Crippen LogP contribution in [-0.2, 0) is 4.79 Å². The molecule has 2 aromatic carbocycles. The highest BCUT2D eigenvalue weighted by Gasteiger charge is 2.18. The van der Waals surface area contributed by atoms with E-state index in [2.05, 4.69) is 20.8 Å². The van der Waals surface area contributed by atoms with E-state index >= 15 is 0 Å². The second-order valence-corrected chi connectivity index (χ2v) is 8.73. The Labute approximate surface area is 181 Å². The molecule has 1 unspecified atom stereocenters. The maximum Gasteiger partial charge on any atom is 0.237 e. The molecule has 3 aromatic rings. The van der Waals surface area contributed by atoms with E-state index < -0.39 is 5.25 Å². The van der Waals surface area contributed by atoms with Crippen molar-refractivity contribution < 1.29 is 9.53 Å². The number of nitriles is 1. The summed E-state index contributed by atoms with van der Waals surface area (Å²) in [4.78, 5) is 12.4. The third-order valence-corrected chi connectivity index (χ3v) is 6.09. The summed E-state index contributed by atoms with van der Waals surface area (Å²) >= 11 is 8.65. The molecule has 0 aliphatic carbocycles. The van der Waals surface area contributed by atoms with Crippen molar-refractivity contribution >= 4 is 57.1 Å². The number of halogens is 1. The van der Waals surface area contributed by atoms with Crippen molar-refractivity contribution in [2.24, 2.45) is 0 Å². The van der Waals surface area contributed by atoms with Crippen LogP contribution in [0.5, 0.6) is 5.75 Å². The molecule has 1 atom stereocenters. The molecule has 7 nitrogen and oxygen atoms in total. The van der Waals surface area contributed by atoms with Crippen LogP contribution in [0.2, 0.25) is 5.02 Å². The van der Waals surface area contributed by atoms with E-state index in [1.54, 1.807) is 32.2 Å². The number of carbonyl (C=O) groups excluding carboxylic acids is 1. The number of hydrogen-bond acceptors (Lipinski definition) is 8. The van der Waals surface area contributed by atoms with Crippen molar-refractivity contribution in [2.75, 3.05) is 17.7 Å². The number of ether oxygens (including phenoxy) is 1. The van der Waals surface area contributed by atoms with Gasteiger partial charge in [-0.15, -0.1) is 10.2 Å². The molecule has 0 fully saturated rings. The zero-order valence-corrected chi connectivity index (χ0v) is 17.9. The van der Waals surface area contributed by atoms with Gasteiger partial charge in [-0.2, -0.15) is 5.26 Å². The van der Waals surface area contributed by atoms with E-state index in [9.17, 15) is 4.79 Å². The Kier molecular flexibility index (Phi) is 6.93. The van der Waals surface area contributed by atoms with Crippen molar-refractivity contribution in [1.82, 2.24) is 10.2 Å². The number of rotatable bonds is 7. The van der Waals surface area contributed by atoms with Gasteiger partial charge in [-0.05, 0) is 37.3 Å². The van der Waals surface area contributed by atoms with Crippen molar-refractivity contribution in [3.8, 4) is 11.8 Å². The van der Waals surface area contributed by atoms with E-state index in [1.807, 2.05) is 30.3 Å². The van der Waals surface area contributed by atoms with Crippen molar-refractivity contribution in [1.29, 1.82) is 5.26 Å². The molecule has 0 radical (unpaired) electrons. The fourth-order valence-corrected chi connectivity index (χ4v) is 4.43. The lowest BCUT2D eigenvalue weighted by atomic mass is 10.2. The third-order valence-electron chi connectivity index (χ3n) is 3.76. The Morgan fingerprint density at radius 2 is 2.10 bits per heavy atom. The van der Waals surface area contributed by atoms with Crippen LogP contribution in [-0.4, -0.2) is 28.5 Å². The topological polar surface area (TPSA) is 99.9 Å². The number of carbonyl (C=O) groups is 1. The first-order valence-electron chi connectivity index (χ1n) is 8.41. The molecule has 0 aliphatic heterocycles. The number of nitrogens with one attached hydrogen (secondary N) is 2. The Bertz CT molecular complexity index is 1070. The predicted molar refractivity (Wildman–Crippen MR) is 116 cm³/mol. The van der Waals surface area contributed by atoms with Gasteiger partial charge in [-0.3, -0.25) is 4.79 Å². The molecule has 29 heavy (non-hydrogen) atoms. The molecule has 1 aromatic heterocycles. The average Bonchev–Trinajstić information content (AvgIpc) is 3.15. The number of para-hydroxylation sites is 2. The molecule has 1 heterocycles. The van der Waals surface area contributed by atoms with Crippen molar-refractivity contribution in [3.05, 3.63) is 53.1 Å². The Morgan fingerprint density at radius 3 is 2.83 bits per heavy atom. The highest BCUT2D eigenvalue weighted by molar-refractivity contribution is 8.02. The van der Waals surface area contributed by atoms with Crippen molar-refractivity contribution in [2.45, 2.75) is 16.5 Å². The van der Waals surface area contributed by atoms with Crippen LogP contribution >= 0.6 is 34.7 Å². The minimum absolute atomic E-state index is 0.204. The van der Waals surface area contributed by atoms with Gasteiger partial charge in [0.15, 0.2) is 4.34 Å². The summed E-state index contributed by atoms with van der Waals surface area (Å²) in [5, 5.41) is 23.6. The van der Waals surface area contributed by atoms with Crippen LogP contribution in [0, 0.1) is 11.3 Å². The van der Waals surface area contributed by atoms with Crippen molar-refractivity contribution in [3.63, 3.8) is 0 Å². The first kappa shape index (κ1) is 20.9. The van der Waals surface area contributed by atoms with Crippen LogP contribution in [0.3, 0.4) is 0 Å². The van der Waals surface area contributed by atoms with Gasteiger partial charge in [0.2, 0.25) is 11.0 Å². The molecule has 0 spiro atoms. The largest absolute Gasteiger partial charge is 0.495 e. The number of anilines is 3. The molecule has 1 amide bonds. The van der Waals surface area contributed by atoms with Gasteiger partial charge >= 0.3 is 0 Å². The quantitative estimate of drug-likeness (QED) is 0.497. The summed E-state index contributed by atoms with van der Waals surface area (Å²) in [5.41, 5.74) is 1.67. The second kappa shape index (κ2) is 9.60. The molecule has 148 valence electrons. The number of benzene rings is 2. The number of nitrogens with zero attached hydrogens (tertiary/aromatic N) is 3. The monoisotopic (exact) mass is 445 g/mol. The van der Waals surface area contributed by atoms with E-state index in [-0.39, 0.29) is 5.91 Å². The van der Waals surface area contributed by atoms with Gasteiger partial charge in [-0.25, -0.2) is 0 Å². The average molecular weight is 446 g/mol. The summed E-state index contributed by atoms with van der Waals surface area (Å²) in [6.45, 7) is 1.78. The van der Waals surface area contributed by atoms with Gasteiger partial charge in [0.1, 0.15) is 11.8 Å². The van der Waals surface area contributed by atoms with E-state index in [0.717, 1.165) is 5.69 Å². The summed E-state index contributed by atoms with van der Waals surface area (Å²) < 4.78 is 5.96. The maximum atomic E-state index is 12.4. The van der Waals surface area contributed by atoms with Crippen LogP contribution < -0.4 is 15.4 Å². The Hall–Kier alpha value is -2.80. The summed E-state index contributed by atoms with van der Waals surface area (Å²) in [7, 11) is 1.60. The van der Waals surface area contributed by atoms with Gasteiger partial charge < -0.3 is 15.4 Å². The number of aromatic nitrogens is 2. The minimum Gasteiger partial charge on any atom is -0.495 e. The van der Waals surface area contributed by atoms with E-state index in [4.69, 9.17) is 21.6 Å². The lowest BCUT2D eigenvalue weighted by Crippen LogP contribution is -2.22. The highest BCUT2D eigenvalue weighted by Crippen LogP contribution is 2.33. The molecule has 2 N–H and O–H groups in total. The van der Waals surface area contributed by atoms with Gasteiger partial charge in [0.25, 0.3) is 0 Å². The number of methoxy groups -OCH3 is 1. The van der Waals surface area contributed by atoms with Gasteiger partial charge in [0.05, 0.1) is 28.6 Å². The zero-order valence-electron chi connectivity index (χ0n) is 15.5. The smallest absolute Gasteiger partial charge is 0.237 e. The predicted octanol–water partition coefficient (Wildman–Crippen LogP) is 4.93. The first-order chi connectivity index (χ1) is 14.0. The normalized spacial score (nSPS) is 11.4. The molecule has 0 saturated carbocycles. The number of hydrogen-bond donors (Lipinski definition) is 2. The summed E-state index contributed by atoms with van der Waals surface area (Å²) in [5.74, 6) is 0.496. The maximum absolute atomic E-state index is 12.4. The first-order valence-corrected chi connectivity index (χ1v) is 10.5. The van der Waals surface area contributed by atoms with Gasteiger partial charge in [-0.1, -0.05) is 46.8 Å². The fourth-order valence-electron chi connectivity index (χ4n) is 2.30. The van der Waals surface area contributed by atoms with Gasteiger partial charge in [0, 0.05) is 5.69 Å². The molecule has 10 heteroatoms. The van der Waals surface area contributed by atoms with Crippen LogP contribution in [0.1, 0.15) is 12.5 Å². The second-order valence-electron chi connectivity index (χ2n) is 5.75. The molecule has 0 aliphatic rings. The SMILES string of the molecule is COc1ccccc1Nc1nnc(SC(C)C(=O)Nc2ccc(C#N)c(Cl)c2)s1. The lowest BCUT2D eigenvalue weighted by molar-refractivity contribution is -0.115. The van der Waals surface area contributed by atoms with Crippen LogP contribution in [0.15, 0.2) is 46.8 Å². The minimum atomic E-state index is -0.406. The molecule has 3 rings (SSSR count). The third kappa shape index (κ3) is 5.38. The summed E-state index contributed by atoms with van der Waals surface area (Å²) in [6.07, 6.45) is 0. The molecule has 0 saturated heterocycles. The van der Waals surface area contributed by atoms with Crippen LogP contribution in [0.4, 0.5) is 16.5 Å². The summed E-state index contributed by atoms with van der Waals surface area (Å²) in [6, 6.07) is 14.2. The number of thioether (sulfide) groups is 1. The number of amides is 1. The zero-order chi connectivity index (χ0) is 20.8.